The van der Waals surface area contributed by atoms with Crippen LogP contribution in [0.25, 0.3) is 11.4 Å². The van der Waals surface area contributed by atoms with E-state index in [0.717, 1.165) is 37.2 Å². The highest BCUT2D eigenvalue weighted by Crippen LogP contribution is 2.19. The van der Waals surface area contributed by atoms with Crippen LogP contribution in [0.2, 0.25) is 0 Å². The normalized spacial score (nSPS) is 12.1. The van der Waals surface area contributed by atoms with Gasteiger partial charge in [-0.15, -0.1) is 5.10 Å². The van der Waals surface area contributed by atoms with E-state index in [2.05, 4.69) is 36.0 Å². The van der Waals surface area contributed by atoms with Crippen LogP contribution in [-0.2, 0) is 4.79 Å². The maximum Gasteiger partial charge on any atom is 0.233 e. The summed E-state index contributed by atoms with van der Waals surface area (Å²) in [5.74, 6) is 1.27. The van der Waals surface area contributed by atoms with Crippen molar-refractivity contribution in [3.63, 3.8) is 0 Å². The van der Waals surface area contributed by atoms with Crippen LogP contribution in [0.1, 0.15) is 40.0 Å². The van der Waals surface area contributed by atoms with E-state index >= 15 is 0 Å². The van der Waals surface area contributed by atoms with Crippen LogP contribution in [0, 0.1) is 0 Å². The van der Waals surface area contributed by atoms with Gasteiger partial charge in [-0.05, 0) is 19.8 Å². The number of nitrogens with zero attached hydrogens (tertiary/aromatic N) is 3. The molecule has 1 aromatic heterocycles. The van der Waals surface area contributed by atoms with E-state index in [1.54, 1.807) is 0 Å². The second-order valence-corrected chi connectivity index (χ2v) is 6.76. The van der Waals surface area contributed by atoms with Crippen molar-refractivity contribution in [3.8, 4) is 11.4 Å². The lowest BCUT2D eigenvalue weighted by atomic mass is 10.2. The lowest BCUT2D eigenvalue weighted by Gasteiger charge is -2.28. The molecule has 0 fully saturated rings. The Morgan fingerprint density at radius 2 is 2.04 bits per heavy atom. The zero-order valence-corrected chi connectivity index (χ0v) is 15.5. The van der Waals surface area contributed by atoms with Crippen molar-refractivity contribution in [3.05, 3.63) is 30.3 Å². The Balaban J connectivity index is 1.94. The molecule has 0 aliphatic carbocycles. The van der Waals surface area contributed by atoms with Gasteiger partial charge in [-0.1, -0.05) is 62.4 Å². The highest BCUT2D eigenvalue weighted by atomic mass is 32.2. The second-order valence-electron chi connectivity index (χ2n) is 5.82. The minimum Gasteiger partial charge on any atom is -0.339 e. The quantitative estimate of drug-likeness (QED) is 0.697. The summed E-state index contributed by atoms with van der Waals surface area (Å²) in [5.41, 5.74) is 0.993. The fourth-order valence-corrected chi connectivity index (χ4v) is 3.07. The van der Waals surface area contributed by atoms with E-state index in [9.17, 15) is 4.79 Å². The minimum absolute atomic E-state index is 0.161. The molecule has 0 aliphatic heterocycles. The van der Waals surface area contributed by atoms with Crippen LogP contribution in [0.15, 0.2) is 35.5 Å². The number of unbranched alkanes of at least 4 members (excludes halogenated alkanes) is 1. The van der Waals surface area contributed by atoms with E-state index in [1.807, 2.05) is 35.2 Å². The Hall–Kier alpha value is -1.82. The van der Waals surface area contributed by atoms with Crippen molar-refractivity contribution < 1.29 is 4.79 Å². The average molecular weight is 347 g/mol. The first-order valence-corrected chi connectivity index (χ1v) is 9.54. The number of aromatic amines is 1. The van der Waals surface area contributed by atoms with E-state index in [1.165, 1.54) is 11.8 Å². The van der Waals surface area contributed by atoms with Crippen molar-refractivity contribution in [1.29, 1.82) is 0 Å². The summed E-state index contributed by atoms with van der Waals surface area (Å²) in [7, 11) is 0. The summed E-state index contributed by atoms with van der Waals surface area (Å²) >= 11 is 1.39. The van der Waals surface area contributed by atoms with Crippen LogP contribution < -0.4 is 0 Å². The third kappa shape index (κ3) is 5.09. The molecule has 0 bridgehead atoms. The SMILES string of the molecule is CCCCN(C(=O)CSc1n[nH]c(-c2ccccc2)n1)[C@H](C)CC. The Kier molecular flexibility index (Phi) is 7.31. The van der Waals surface area contributed by atoms with Crippen LogP contribution in [-0.4, -0.2) is 44.3 Å². The maximum atomic E-state index is 12.5. The molecule has 2 aromatic rings. The predicted molar refractivity (Wildman–Crippen MR) is 98.9 cm³/mol. The molecule has 0 radical (unpaired) electrons. The van der Waals surface area contributed by atoms with Gasteiger partial charge in [0.05, 0.1) is 5.75 Å². The fraction of sp³-hybridized carbons (Fsp3) is 0.500. The minimum atomic E-state index is 0.161. The first-order valence-electron chi connectivity index (χ1n) is 8.55. The van der Waals surface area contributed by atoms with Gasteiger partial charge < -0.3 is 4.90 Å². The summed E-state index contributed by atoms with van der Waals surface area (Å²) in [6.07, 6.45) is 3.10. The summed E-state index contributed by atoms with van der Waals surface area (Å²) < 4.78 is 0. The molecule has 24 heavy (non-hydrogen) atoms. The number of H-pyrrole nitrogens is 1. The van der Waals surface area contributed by atoms with Gasteiger partial charge in [0.25, 0.3) is 0 Å². The molecule has 1 atom stereocenters. The van der Waals surface area contributed by atoms with Crippen molar-refractivity contribution in [2.24, 2.45) is 0 Å². The zero-order chi connectivity index (χ0) is 17.4. The van der Waals surface area contributed by atoms with Crippen LogP contribution >= 0.6 is 11.8 Å². The molecule has 5 nitrogen and oxygen atoms in total. The molecule has 6 heteroatoms. The molecule has 1 amide bonds. The number of carbonyl (C=O) groups excluding carboxylic acids is 1. The summed E-state index contributed by atoms with van der Waals surface area (Å²) in [4.78, 5) is 19.0. The van der Waals surface area contributed by atoms with E-state index in [0.29, 0.717) is 10.9 Å². The molecule has 0 saturated heterocycles. The van der Waals surface area contributed by atoms with Gasteiger partial charge in [-0.25, -0.2) is 4.98 Å². The summed E-state index contributed by atoms with van der Waals surface area (Å²) in [6, 6.07) is 10.1. The number of aromatic nitrogens is 3. The molecule has 0 aliphatic rings. The Bertz CT molecular complexity index is 629. The van der Waals surface area contributed by atoms with Crippen LogP contribution in [0.5, 0.6) is 0 Å². The molecule has 1 N–H and O–H groups in total. The van der Waals surface area contributed by atoms with Gasteiger partial charge in [-0.2, -0.15) is 0 Å². The van der Waals surface area contributed by atoms with Crippen molar-refractivity contribution >= 4 is 17.7 Å². The molecule has 0 spiro atoms. The highest BCUT2D eigenvalue weighted by molar-refractivity contribution is 7.99. The van der Waals surface area contributed by atoms with Gasteiger partial charge in [0.2, 0.25) is 11.1 Å². The van der Waals surface area contributed by atoms with Gasteiger partial charge in [0.15, 0.2) is 5.82 Å². The third-order valence-electron chi connectivity index (χ3n) is 4.03. The number of thioether (sulfide) groups is 1. The van der Waals surface area contributed by atoms with Crippen molar-refractivity contribution in [2.45, 2.75) is 51.2 Å². The van der Waals surface area contributed by atoms with E-state index in [-0.39, 0.29) is 11.9 Å². The lowest BCUT2D eigenvalue weighted by Crippen LogP contribution is -2.40. The molecule has 1 heterocycles. The Morgan fingerprint density at radius 1 is 1.29 bits per heavy atom. The van der Waals surface area contributed by atoms with Gasteiger partial charge >= 0.3 is 0 Å². The first-order chi connectivity index (χ1) is 11.7. The molecule has 1 aromatic carbocycles. The smallest absolute Gasteiger partial charge is 0.233 e. The fourth-order valence-electron chi connectivity index (χ4n) is 2.39. The maximum absolute atomic E-state index is 12.5. The van der Waals surface area contributed by atoms with E-state index < -0.39 is 0 Å². The second kappa shape index (κ2) is 9.47. The van der Waals surface area contributed by atoms with Gasteiger partial charge in [-0.3, -0.25) is 9.89 Å². The summed E-state index contributed by atoms with van der Waals surface area (Å²) in [5, 5.41) is 7.76. The van der Waals surface area contributed by atoms with E-state index in [4.69, 9.17) is 0 Å². The number of hydrogen-bond acceptors (Lipinski definition) is 4. The molecular weight excluding hydrogens is 320 g/mol. The zero-order valence-electron chi connectivity index (χ0n) is 14.7. The number of benzene rings is 1. The summed E-state index contributed by atoms with van der Waals surface area (Å²) in [6.45, 7) is 7.20. The molecular formula is C18H26N4OS. The number of amides is 1. The largest absolute Gasteiger partial charge is 0.339 e. The predicted octanol–water partition coefficient (Wildman–Crippen LogP) is 3.99. The molecule has 130 valence electrons. The average Bonchev–Trinajstić information content (AvgIpc) is 3.09. The highest BCUT2D eigenvalue weighted by Gasteiger charge is 2.19. The number of rotatable bonds is 9. The topological polar surface area (TPSA) is 61.9 Å². The van der Waals surface area contributed by atoms with Crippen molar-refractivity contribution in [2.75, 3.05) is 12.3 Å². The van der Waals surface area contributed by atoms with Crippen LogP contribution in [0.3, 0.4) is 0 Å². The Labute approximate surface area is 148 Å². The third-order valence-corrected chi connectivity index (χ3v) is 4.86. The van der Waals surface area contributed by atoms with Crippen molar-refractivity contribution in [1.82, 2.24) is 20.1 Å². The van der Waals surface area contributed by atoms with Crippen LogP contribution in [0.4, 0.5) is 0 Å². The van der Waals surface area contributed by atoms with Gasteiger partial charge in [0, 0.05) is 18.2 Å². The molecule has 0 saturated carbocycles. The lowest BCUT2D eigenvalue weighted by molar-refractivity contribution is -0.130. The van der Waals surface area contributed by atoms with Gasteiger partial charge in [0.1, 0.15) is 0 Å². The Morgan fingerprint density at radius 3 is 2.71 bits per heavy atom. The number of hydrogen-bond donors (Lipinski definition) is 1. The number of carbonyl (C=O) groups is 1. The standard InChI is InChI=1S/C18H26N4OS/c1-4-6-12-22(14(3)5-2)16(23)13-24-18-19-17(20-21-18)15-10-8-7-9-11-15/h7-11,14H,4-6,12-13H2,1-3H3,(H,19,20,21)/t14-/m1/s1. The molecule has 2 rings (SSSR count). The monoisotopic (exact) mass is 346 g/mol. The first kappa shape index (κ1) is 18.5. The number of nitrogens with one attached hydrogen (secondary N) is 1. The molecule has 0 unspecified atom stereocenters.